The highest BCUT2D eigenvalue weighted by atomic mass is 16.2. The summed E-state index contributed by atoms with van der Waals surface area (Å²) in [5.74, 6) is -2.00. The number of amides is 4. The number of carbonyl (C=O) groups excluding carboxylic acids is 4. The van der Waals surface area contributed by atoms with Gasteiger partial charge in [0.2, 0.25) is 11.8 Å². The van der Waals surface area contributed by atoms with E-state index in [1.807, 2.05) is 24.3 Å². The van der Waals surface area contributed by atoms with E-state index in [9.17, 15) is 19.2 Å². The highest BCUT2D eigenvalue weighted by Crippen LogP contribution is 2.28. The van der Waals surface area contributed by atoms with Crippen LogP contribution in [-0.2, 0) is 29.2 Å². The van der Waals surface area contributed by atoms with E-state index in [4.69, 9.17) is 5.73 Å². The molecule has 1 atom stereocenters. The first-order valence-electron chi connectivity index (χ1n) is 9.81. The van der Waals surface area contributed by atoms with Crippen LogP contribution in [0.3, 0.4) is 0 Å². The van der Waals surface area contributed by atoms with Gasteiger partial charge in [-0.15, -0.1) is 0 Å². The van der Waals surface area contributed by atoms with Crippen LogP contribution >= 0.6 is 0 Å². The van der Waals surface area contributed by atoms with Gasteiger partial charge in [0.25, 0.3) is 11.8 Å². The Bertz CT molecular complexity index is 1050. The van der Waals surface area contributed by atoms with E-state index in [2.05, 4.69) is 10.6 Å². The fraction of sp³-hybridized carbons (Fsp3) is 0.273. The maximum Gasteiger partial charge on any atom is 0.262 e. The maximum atomic E-state index is 12.9. The third-order valence-corrected chi connectivity index (χ3v) is 5.39. The van der Waals surface area contributed by atoms with E-state index in [-0.39, 0.29) is 24.0 Å². The third kappa shape index (κ3) is 3.74. The number of nitrogens with zero attached hydrogens (tertiary/aromatic N) is 1. The number of nitrogens with two attached hydrogens (primary N) is 1. The molecule has 4 N–H and O–H groups in total. The molecule has 8 nitrogen and oxygen atoms in total. The summed E-state index contributed by atoms with van der Waals surface area (Å²) in [6.07, 6.45) is 0.247. The van der Waals surface area contributed by atoms with Crippen LogP contribution in [0.2, 0.25) is 0 Å². The van der Waals surface area contributed by atoms with Crippen molar-refractivity contribution in [3.8, 4) is 0 Å². The van der Waals surface area contributed by atoms with Crippen molar-refractivity contribution >= 4 is 23.6 Å². The van der Waals surface area contributed by atoms with Crippen molar-refractivity contribution in [3.05, 3.63) is 70.3 Å². The fourth-order valence-electron chi connectivity index (χ4n) is 3.85. The first-order valence-corrected chi connectivity index (χ1v) is 9.81. The molecule has 1 fully saturated rings. The predicted molar refractivity (Wildman–Crippen MR) is 108 cm³/mol. The summed E-state index contributed by atoms with van der Waals surface area (Å²) >= 11 is 0. The molecule has 0 bridgehead atoms. The van der Waals surface area contributed by atoms with Gasteiger partial charge in [-0.1, -0.05) is 30.3 Å². The second-order valence-electron chi connectivity index (χ2n) is 7.45. The quantitative estimate of drug-likeness (QED) is 0.611. The number of nitrogens with one attached hydrogen (secondary N) is 2. The molecule has 1 unspecified atom stereocenters. The van der Waals surface area contributed by atoms with Crippen LogP contribution in [0.5, 0.6) is 0 Å². The molecule has 0 aromatic heterocycles. The number of imide groups is 2. The topological polar surface area (TPSA) is 122 Å². The summed E-state index contributed by atoms with van der Waals surface area (Å²) in [7, 11) is 0. The number of rotatable bonds is 6. The summed E-state index contributed by atoms with van der Waals surface area (Å²) in [4.78, 5) is 50.0. The van der Waals surface area contributed by atoms with Gasteiger partial charge in [0.1, 0.15) is 6.04 Å². The Morgan fingerprint density at radius 2 is 1.63 bits per heavy atom. The van der Waals surface area contributed by atoms with Crippen LogP contribution in [0.1, 0.15) is 50.2 Å². The molecule has 0 spiro atoms. The van der Waals surface area contributed by atoms with Gasteiger partial charge < -0.3 is 11.1 Å². The van der Waals surface area contributed by atoms with E-state index in [0.717, 1.165) is 21.6 Å². The molecule has 0 saturated carbocycles. The van der Waals surface area contributed by atoms with Crippen molar-refractivity contribution in [1.82, 2.24) is 15.5 Å². The SMILES string of the molecule is NCc1cccc(CNCc2ccc3c(c2)C(=O)N(C2CCC(=O)NC2=O)C3=O)c1. The first-order chi connectivity index (χ1) is 14.5. The minimum atomic E-state index is -0.952. The summed E-state index contributed by atoms with van der Waals surface area (Å²) in [5, 5.41) is 5.52. The Balaban J connectivity index is 1.45. The third-order valence-electron chi connectivity index (χ3n) is 5.39. The Morgan fingerprint density at radius 3 is 2.37 bits per heavy atom. The number of hydrogen-bond donors (Lipinski definition) is 3. The van der Waals surface area contributed by atoms with E-state index in [1.165, 1.54) is 0 Å². The van der Waals surface area contributed by atoms with E-state index >= 15 is 0 Å². The monoisotopic (exact) mass is 406 g/mol. The molecule has 0 aliphatic carbocycles. The van der Waals surface area contributed by atoms with Crippen LogP contribution in [0, 0.1) is 0 Å². The van der Waals surface area contributed by atoms with E-state index in [0.29, 0.717) is 19.6 Å². The number of carbonyl (C=O) groups is 4. The molecule has 154 valence electrons. The number of fused-ring (bicyclic) bond motifs is 1. The second-order valence-corrected chi connectivity index (χ2v) is 7.45. The van der Waals surface area contributed by atoms with Gasteiger partial charge in [0.05, 0.1) is 11.1 Å². The number of piperidine rings is 1. The smallest absolute Gasteiger partial charge is 0.262 e. The fourth-order valence-corrected chi connectivity index (χ4v) is 3.85. The van der Waals surface area contributed by atoms with Crippen molar-refractivity contribution in [2.24, 2.45) is 5.73 Å². The summed E-state index contributed by atoms with van der Waals surface area (Å²) in [5.41, 5.74) is 9.26. The second kappa shape index (κ2) is 8.17. The van der Waals surface area contributed by atoms with Crippen LogP contribution < -0.4 is 16.4 Å². The average molecular weight is 406 g/mol. The molecule has 4 rings (SSSR count). The minimum absolute atomic E-state index is 0.102. The van der Waals surface area contributed by atoms with Gasteiger partial charge in [-0.2, -0.15) is 0 Å². The van der Waals surface area contributed by atoms with E-state index < -0.39 is 29.7 Å². The minimum Gasteiger partial charge on any atom is -0.326 e. The lowest BCUT2D eigenvalue weighted by molar-refractivity contribution is -0.136. The Labute approximate surface area is 173 Å². The van der Waals surface area contributed by atoms with Gasteiger partial charge in [-0.25, -0.2) is 0 Å². The molecular formula is C22H22N4O4. The molecule has 2 heterocycles. The standard InChI is InChI=1S/C22H22N4O4/c23-10-13-2-1-3-14(8-13)11-24-12-15-4-5-16-17(9-15)22(30)26(21(16)29)18-6-7-19(27)25-20(18)28/h1-5,8-9,18,24H,6-7,10-12,23H2,(H,25,27,28). The first kappa shape index (κ1) is 19.9. The molecule has 2 aromatic carbocycles. The van der Waals surface area contributed by atoms with Crippen LogP contribution in [0.4, 0.5) is 0 Å². The molecule has 8 heteroatoms. The number of hydrogen-bond acceptors (Lipinski definition) is 6. The van der Waals surface area contributed by atoms with Crippen molar-refractivity contribution < 1.29 is 19.2 Å². The molecule has 2 aromatic rings. The zero-order valence-corrected chi connectivity index (χ0v) is 16.3. The molecule has 1 saturated heterocycles. The molecule has 4 amide bonds. The van der Waals surface area contributed by atoms with Crippen molar-refractivity contribution in [1.29, 1.82) is 0 Å². The van der Waals surface area contributed by atoms with Gasteiger partial charge in [0, 0.05) is 26.1 Å². The largest absolute Gasteiger partial charge is 0.326 e. The van der Waals surface area contributed by atoms with Crippen LogP contribution in [0.25, 0.3) is 0 Å². The number of benzene rings is 2. The normalized spacial score (nSPS) is 18.6. The molecular weight excluding hydrogens is 384 g/mol. The zero-order valence-electron chi connectivity index (χ0n) is 16.3. The van der Waals surface area contributed by atoms with Gasteiger partial charge in [-0.3, -0.25) is 29.4 Å². The Morgan fingerprint density at radius 1 is 0.933 bits per heavy atom. The lowest BCUT2D eigenvalue weighted by Crippen LogP contribution is -2.54. The average Bonchev–Trinajstić information content (AvgIpc) is 2.98. The van der Waals surface area contributed by atoms with Gasteiger partial charge >= 0.3 is 0 Å². The summed E-state index contributed by atoms with van der Waals surface area (Å²) < 4.78 is 0. The van der Waals surface area contributed by atoms with Crippen molar-refractivity contribution in [3.63, 3.8) is 0 Å². The zero-order chi connectivity index (χ0) is 21.3. The Kier molecular flexibility index (Phi) is 5.43. The molecule has 0 radical (unpaired) electrons. The lowest BCUT2D eigenvalue weighted by Gasteiger charge is -2.27. The lowest BCUT2D eigenvalue weighted by atomic mass is 10.0. The highest BCUT2D eigenvalue weighted by molar-refractivity contribution is 6.23. The van der Waals surface area contributed by atoms with Crippen molar-refractivity contribution in [2.45, 2.75) is 38.5 Å². The van der Waals surface area contributed by atoms with E-state index in [1.54, 1.807) is 18.2 Å². The van der Waals surface area contributed by atoms with Crippen LogP contribution in [0.15, 0.2) is 42.5 Å². The molecule has 2 aliphatic rings. The van der Waals surface area contributed by atoms with Gasteiger partial charge in [0.15, 0.2) is 0 Å². The highest BCUT2D eigenvalue weighted by Gasteiger charge is 2.44. The predicted octanol–water partition coefficient (Wildman–Crippen LogP) is 0.836. The molecule has 2 aliphatic heterocycles. The van der Waals surface area contributed by atoms with Gasteiger partial charge in [-0.05, 0) is 35.2 Å². The summed E-state index contributed by atoms with van der Waals surface area (Å²) in [6, 6.07) is 12.1. The maximum absolute atomic E-state index is 12.9. The summed E-state index contributed by atoms with van der Waals surface area (Å²) in [6.45, 7) is 1.64. The van der Waals surface area contributed by atoms with Crippen LogP contribution in [-0.4, -0.2) is 34.6 Å². The van der Waals surface area contributed by atoms with Crippen molar-refractivity contribution in [2.75, 3.05) is 0 Å². The molecule has 30 heavy (non-hydrogen) atoms. The Hall–Kier alpha value is -3.36.